The number of nitrogens with one attached hydrogen (secondary N) is 1. The quantitative estimate of drug-likeness (QED) is 0.932. The van der Waals surface area contributed by atoms with E-state index < -0.39 is 0 Å². The van der Waals surface area contributed by atoms with Crippen LogP contribution < -0.4 is 10.2 Å². The molecular formula is C15H18ClN5O. The Balaban J connectivity index is 1.59. The molecule has 1 aliphatic rings. The van der Waals surface area contributed by atoms with Gasteiger partial charge in [-0.1, -0.05) is 23.7 Å². The first-order valence-electron chi connectivity index (χ1n) is 7.33. The Kier molecular flexibility index (Phi) is 4.58. The highest BCUT2D eigenvalue weighted by Gasteiger charge is 2.22. The molecule has 0 saturated carbocycles. The van der Waals surface area contributed by atoms with Gasteiger partial charge in [-0.15, -0.1) is 0 Å². The second kappa shape index (κ2) is 6.79. The molecule has 1 amide bonds. The number of para-hydroxylation sites is 1. The Morgan fingerprint density at radius 1 is 1.41 bits per heavy atom. The highest BCUT2D eigenvalue weighted by atomic mass is 35.5. The number of aromatic nitrogens is 3. The molecule has 6 nitrogen and oxygen atoms in total. The van der Waals surface area contributed by atoms with Crippen LogP contribution in [0, 0.1) is 0 Å². The minimum absolute atomic E-state index is 0.0449. The van der Waals surface area contributed by atoms with E-state index in [2.05, 4.69) is 20.3 Å². The van der Waals surface area contributed by atoms with E-state index >= 15 is 0 Å². The smallest absolute Gasteiger partial charge is 0.242 e. The van der Waals surface area contributed by atoms with E-state index in [9.17, 15) is 4.79 Å². The molecule has 1 saturated heterocycles. The fourth-order valence-corrected chi connectivity index (χ4v) is 3.01. The summed E-state index contributed by atoms with van der Waals surface area (Å²) >= 11 is 6.26. The summed E-state index contributed by atoms with van der Waals surface area (Å²) in [5.41, 5.74) is 1.03. The van der Waals surface area contributed by atoms with Gasteiger partial charge in [0.05, 0.1) is 10.7 Å². The number of carbonyl (C=O) groups excluding carboxylic acids is 1. The Bertz CT molecular complexity index is 631. The van der Waals surface area contributed by atoms with Crippen molar-refractivity contribution in [1.82, 2.24) is 20.1 Å². The van der Waals surface area contributed by atoms with Crippen LogP contribution in [0.25, 0.3) is 0 Å². The SMILES string of the molecule is O=C(Cn1cncn1)NC1CCCN(c2ccccc2Cl)C1. The third-order valence-electron chi connectivity index (χ3n) is 3.75. The number of amides is 1. The molecule has 116 valence electrons. The monoisotopic (exact) mass is 319 g/mol. The maximum Gasteiger partial charge on any atom is 0.242 e. The number of nitrogens with zero attached hydrogens (tertiary/aromatic N) is 4. The maximum absolute atomic E-state index is 12.0. The van der Waals surface area contributed by atoms with Gasteiger partial charge in [0.25, 0.3) is 0 Å². The topological polar surface area (TPSA) is 63.1 Å². The molecule has 1 unspecified atom stereocenters. The zero-order valence-electron chi connectivity index (χ0n) is 12.2. The van der Waals surface area contributed by atoms with E-state index in [1.807, 2.05) is 24.3 Å². The molecule has 0 aliphatic carbocycles. The van der Waals surface area contributed by atoms with Gasteiger partial charge < -0.3 is 10.2 Å². The van der Waals surface area contributed by atoms with Gasteiger partial charge in [-0.2, -0.15) is 5.10 Å². The lowest BCUT2D eigenvalue weighted by molar-refractivity contribution is -0.122. The molecule has 2 heterocycles. The van der Waals surface area contributed by atoms with Gasteiger partial charge in [0.2, 0.25) is 5.91 Å². The number of rotatable bonds is 4. The largest absolute Gasteiger partial charge is 0.368 e. The number of halogens is 1. The number of carbonyl (C=O) groups is 1. The second-order valence-electron chi connectivity index (χ2n) is 5.40. The van der Waals surface area contributed by atoms with Crippen molar-refractivity contribution in [2.24, 2.45) is 0 Å². The first kappa shape index (κ1) is 14.8. The van der Waals surface area contributed by atoms with Crippen LogP contribution in [0.2, 0.25) is 5.02 Å². The Morgan fingerprint density at radius 3 is 3.05 bits per heavy atom. The van der Waals surface area contributed by atoms with Crippen LogP contribution in [-0.4, -0.2) is 39.8 Å². The van der Waals surface area contributed by atoms with Crippen molar-refractivity contribution in [3.8, 4) is 0 Å². The lowest BCUT2D eigenvalue weighted by Crippen LogP contribution is -2.48. The van der Waals surface area contributed by atoms with Gasteiger partial charge in [0.15, 0.2) is 0 Å². The molecule has 0 radical (unpaired) electrons. The van der Waals surface area contributed by atoms with Gasteiger partial charge in [0, 0.05) is 19.1 Å². The van der Waals surface area contributed by atoms with Crippen LogP contribution in [0.15, 0.2) is 36.9 Å². The number of hydrogen-bond acceptors (Lipinski definition) is 4. The van der Waals surface area contributed by atoms with Crippen molar-refractivity contribution in [2.45, 2.75) is 25.4 Å². The molecule has 1 atom stereocenters. The highest BCUT2D eigenvalue weighted by molar-refractivity contribution is 6.33. The molecule has 3 rings (SSSR count). The van der Waals surface area contributed by atoms with E-state index in [-0.39, 0.29) is 18.5 Å². The molecule has 22 heavy (non-hydrogen) atoms. The van der Waals surface area contributed by atoms with E-state index in [0.29, 0.717) is 0 Å². The number of hydrogen-bond donors (Lipinski definition) is 1. The molecule has 1 aliphatic heterocycles. The van der Waals surface area contributed by atoms with Crippen molar-refractivity contribution in [3.63, 3.8) is 0 Å². The molecule has 0 spiro atoms. The molecule has 1 N–H and O–H groups in total. The Labute approximate surface area is 134 Å². The van der Waals surface area contributed by atoms with Crippen LogP contribution in [-0.2, 0) is 11.3 Å². The zero-order valence-corrected chi connectivity index (χ0v) is 12.9. The minimum atomic E-state index is -0.0449. The number of piperidine rings is 1. The third kappa shape index (κ3) is 3.57. The van der Waals surface area contributed by atoms with Crippen LogP contribution in [0.1, 0.15) is 12.8 Å². The van der Waals surface area contributed by atoms with E-state index in [0.717, 1.165) is 36.6 Å². The standard InChI is InChI=1S/C15H18ClN5O/c16-13-5-1-2-6-14(13)20-7-3-4-12(8-20)19-15(22)9-21-11-17-10-18-21/h1-2,5-6,10-12H,3-4,7-9H2,(H,19,22). The van der Waals surface area contributed by atoms with Crippen molar-refractivity contribution < 1.29 is 4.79 Å². The van der Waals surface area contributed by atoms with Gasteiger partial charge in [0.1, 0.15) is 19.2 Å². The summed E-state index contributed by atoms with van der Waals surface area (Å²) in [5, 5.41) is 7.75. The van der Waals surface area contributed by atoms with Gasteiger partial charge in [-0.25, -0.2) is 9.67 Å². The van der Waals surface area contributed by atoms with Gasteiger partial charge in [-0.3, -0.25) is 4.79 Å². The first-order valence-corrected chi connectivity index (χ1v) is 7.71. The predicted octanol–water partition coefficient (Wildman–Crippen LogP) is 1.72. The maximum atomic E-state index is 12.0. The lowest BCUT2D eigenvalue weighted by Gasteiger charge is -2.35. The molecule has 2 aromatic rings. The summed E-state index contributed by atoms with van der Waals surface area (Å²) in [4.78, 5) is 18.1. The summed E-state index contributed by atoms with van der Waals surface area (Å²) in [6.07, 6.45) is 4.97. The van der Waals surface area contributed by atoms with E-state index in [4.69, 9.17) is 11.6 Å². The molecular weight excluding hydrogens is 302 g/mol. The molecule has 1 fully saturated rings. The summed E-state index contributed by atoms with van der Waals surface area (Å²) in [6, 6.07) is 7.94. The number of anilines is 1. The van der Waals surface area contributed by atoms with Gasteiger partial charge in [-0.05, 0) is 25.0 Å². The first-order chi connectivity index (χ1) is 10.7. The minimum Gasteiger partial charge on any atom is -0.368 e. The summed E-state index contributed by atoms with van der Waals surface area (Å²) in [6.45, 7) is 1.93. The molecule has 7 heteroatoms. The van der Waals surface area contributed by atoms with E-state index in [1.165, 1.54) is 17.3 Å². The van der Waals surface area contributed by atoms with Crippen molar-refractivity contribution in [2.75, 3.05) is 18.0 Å². The van der Waals surface area contributed by atoms with Crippen molar-refractivity contribution in [1.29, 1.82) is 0 Å². The van der Waals surface area contributed by atoms with Crippen LogP contribution >= 0.6 is 11.6 Å². The number of benzene rings is 1. The molecule has 0 bridgehead atoms. The fourth-order valence-electron chi connectivity index (χ4n) is 2.76. The Hall–Kier alpha value is -2.08. The average Bonchev–Trinajstić information content (AvgIpc) is 3.00. The summed E-state index contributed by atoms with van der Waals surface area (Å²) in [5.74, 6) is -0.0449. The summed E-state index contributed by atoms with van der Waals surface area (Å²) < 4.78 is 1.52. The predicted molar refractivity (Wildman–Crippen MR) is 84.9 cm³/mol. The van der Waals surface area contributed by atoms with Crippen LogP contribution in [0.4, 0.5) is 5.69 Å². The third-order valence-corrected chi connectivity index (χ3v) is 4.07. The molecule has 1 aromatic heterocycles. The lowest BCUT2D eigenvalue weighted by atomic mass is 10.0. The van der Waals surface area contributed by atoms with Crippen LogP contribution in [0.5, 0.6) is 0 Å². The second-order valence-corrected chi connectivity index (χ2v) is 5.80. The fraction of sp³-hybridized carbons (Fsp3) is 0.400. The van der Waals surface area contributed by atoms with E-state index in [1.54, 1.807) is 0 Å². The average molecular weight is 320 g/mol. The summed E-state index contributed by atoms with van der Waals surface area (Å²) in [7, 11) is 0. The zero-order chi connectivity index (χ0) is 15.4. The van der Waals surface area contributed by atoms with Gasteiger partial charge >= 0.3 is 0 Å². The van der Waals surface area contributed by atoms with Crippen molar-refractivity contribution in [3.05, 3.63) is 41.9 Å². The van der Waals surface area contributed by atoms with Crippen molar-refractivity contribution >= 4 is 23.2 Å². The molecule has 1 aromatic carbocycles. The Morgan fingerprint density at radius 2 is 2.27 bits per heavy atom. The highest BCUT2D eigenvalue weighted by Crippen LogP contribution is 2.27. The normalized spacial score (nSPS) is 18.2. The van der Waals surface area contributed by atoms with Crippen LogP contribution in [0.3, 0.4) is 0 Å².